The fourth-order valence-electron chi connectivity index (χ4n) is 3.11. The first-order valence-corrected chi connectivity index (χ1v) is 12.4. The molecule has 10 nitrogen and oxygen atoms in total. The molecular formula is C24H25N4NaO6S. The van der Waals surface area contributed by atoms with Crippen molar-refractivity contribution in [2.75, 3.05) is 18.5 Å². The Bertz CT molecular complexity index is 1240. The number of rotatable bonds is 13. The molecular weight excluding hydrogens is 495 g/mol. The summed E-state index contributed by atoms with van der Waals surface area (Å²) in [4.78, 5) is 9.98. The van der Waals surface area contributed by atoms with Gasteiger partial charge in [0.1, 0.15) is 15.9 Å². The molecule has 0 amide bonds. The number of ether oxygens (including phenoxy) is 1. The maximum Gasteiger partial charge on any atom is 1.00 e. The van der Waals surface area contributed by atoms with Gasteiger partial charge in [-0.15, -0.1) is 0 Å². The molecule has 3 aromatic carbocycles. The van der Waals surface area contributed by atoms with Crippen molar-refractivity contribution in [2.24, 2.45) is 10.2 Å². The van der Waals surface area contributed by atoms with Gasteiger partial charge in [0, 0.05) is 24.4 Å². The minimum Gasteiger partial charge on any atom is -0.744 e. The Morgan fingerprint density at radius 3 is 1.92 bits per heavy atom. The van der Waals surface area contributed by atoms with E-state index in [1.165, 1.54) is 36.4 Å². The second-order valence-corrected chi connectivity index (χ2v) is 9.02. The third-order valence-corrected chi connectivity index (χ3v) is 5.84. The van der Waals surface area contributed by atoms with E-state index in [0.717, 1.165) is 43.7 Å². The molecule has 1 N–H and O–H groups in total. The number of benzene rings is 3. The molecule has 184 valence electrons. The van der Waals surface area contributed by atoms with Crippen LogP contribution in [0.2, 0.25) is 0 Å². The van der Waals surface area contributed by atoms with Crippen molar-refractivity contribution in [3.05, 3.63) is 82.9 Å². The first-order chi connectivity index (χ1) is 16.8. The molecule has 0 aliphatic carbocycles. The summed E-state index contributed by atoms with van der Waals surface area (Å²) in [5, 5.41) is 22.1. The molecule has 0 spiro atoms. The number of non-ortho nitro benzene ring substituents is 1. The maximum absolute atomic E-state index is 10.9. The van der Waals surface area contributed by atoms with Crippen LogP contribution in [-0.2, 0) is 10.1 Å². The van der Waals surface area contributed by atoms with E-state index in [9.17, 15) is 23.1 Å². The number of azo groups is 1. The first-order valence-electron chi connectivity index (χ1n) is 11.0. The fourth-order valence-corrected chi connectivity index (χ4v) is 3.58. The second-order valence-electron chi connectivity index (χ2n) is 7.64. The van der Waals surface area contributed by atoms with Gasteiger partial charge in [-0.2, -0.15) is 10.2 Å². The van der Waals surface area contributed by atoms with Gasteiger partial charge in [0.05, 0.1) is 27.8 Å². The van der Waals surface area contributed by atoms with E-state index in [1.807, 2.05) is 12.1 Å². The zero-order chi connectivity index (χ0) is 25.1. The van der Waals surface area contributed by atoms with E-state index >= 15 is 0 Å². The van der Waals surface area contributed by atoms with Crippen LogP contribution >= 0.6 is 0 Å². The van der Waals surface area contributed by atoms with Crippen molar-refractivity contribution < 1.29 is 52.2 Å². The minimum atomic E-state index is -4.41. The Morgan fingerprint density at radius 2 is 1.36 bits per heavy atom. The Kier molecular flexibility index (Phi) is 12.0. The molecule has 3 aromatic rings. The molecule has 0 aliphatic heterocycles. The molecule has 0 bridgehead atoms. The summed E-state index contributed by atoms with van der Waals surface area (Å²) in [7, 11) is -4.41. The predicted molar refractivity (Wildman–Crippen MR) is 131 cm³/mol. The van der Waals surface area contributed by atoms with E-state index in [4.69, 9.17) is 4.74 Å². The summed E-state index contributed by atoms with van der Waals surface area (Å²) in [6.07, 6.45) is 3.90. The predicted octanol–water partition coefficient (Wildman–Crippen LogP) is 2.97. The quantitative estimate of drug-likeness (QED) is 0.0910. The maximum atomic E-state index is 10.9. The Morgan fingerprint density at radius 1 is 0.806 bits per heavy atom. The number of nitrogens with one attached hydrogen (secondary N) is 1. The van der Waals surface area contributed by atoms with Crippen LogP contribution in [0.15, 0.2) is 87.9 Å². The standard InChI is InChI=1S/C24H26N4O6S.Na/c29-28(30)22-11-5-20(6-12-22)26-27-21-7-13-23(14-8-21)34-18-4-2-1-3-17-25-19-9-15-24(16-10-19)35(31,32)33;/h5-16,25H,1-4,17-18H2,(H,31,32,33);/q;+1/p-1. The normalized spacial score (nSPS) is 11.1. The van der Waals surface area contributed by atoms with Gasteiger partial charge >= 0.3 is 29.6 Å². The topological polar surface area (TPSA) is 146 Å². The second kappa shape index (κ2) is 14.7. The molecule has 0 saturated carbocycles. The molecule has 0 heterocycles. The first kappa shape index (κ1) is 29.4. The third kappa shape index (κ3) is 10.0. The van der Waals surface area contributed by atoms with Gasteiger partial charge < -0.3 is 14.6 Å². The Hall–Kier alpha value is -2.83. The van der Waals surface area contributed by atoms with E-state index in [0.29, 0.717) is 18.0 Å². The molecule has 12 heteroatoms. The van der Waals surface area contributed by atoms with Gasteiger partial charge in [0.2, 0.25) is 0 Å². The van der Waals surface area contributed by atoms with Gasteiger partial charge in [0.25, 0.3) is 5.69 Å². The summed E-state index contributed by atoms with van der Waals surface area (Å²) >= 11 is 0. The molecule has 0 atom stereocenters. The van der Waals surface area contributed by atoms with Crippen LogP contribution < -0.4 is 39.6 Å². The van der Waals surface area contributed by atoms with E-state index < -0.39 is 15.0 Å². The van der Waals surface area contributed by atoms with Crippen LogP contribution in [0.25, 0.3) is 0 Å². The smallest absolute Gasteiger partial charge is 0.744 e. The summed E-state index contributed by atoms with van der Waals surface area (Å²) in [5.41, 5.74) is 1.95. The zero-order valence-electron chi connectivity index (χ0n) is 19.9. The van der Waals surface area contributed by atoms with Crippen LogP contribution in [0.1, 0.15) is 25.7 Å². The van der Waals surface area contributed by atoms with Gasteiger partial charge in [-0.3, -0.25) is 10.1 Å². The van der Waals surface area contributed by atoms with Gasteiger partial charge in [-0.1, -0.05) is 12.8 Å². The van der Waals surface area contributed by atoms with Crippen molar-refractivity contribution in [2.45, 2.75) is 30.6 Å². The monoisotopic (exact) mass is 520 g/mol. The zero-order valence-corrected chi connectivity index (χ0v) is 22.7. The SMILES string of the molecule is O=[N+]([O-])c1ccc(N=Nc2ccc(OCCCCCCNc3ccc(S(=O)(=O)[O-])cc3)cc2)cc1.[Na+]. The van der Waals surface area contributed by atoms with E-state index in [-0.39, 0.29) is 40.1 Å². The van der Waals surface area contributed by atoms with Crippen LogP contribution in [0.5, 0.6) is 5.75 Å². The largest absolute Gasteiger partial charge is 1.00 e. The van der Waals surface area contributed by atoms with Crippen molar-refractivity contribution >= 4 is 32.9 Å². The summed E-state index contributed by atoms with van der Waals surface area (Å²) in [6, 6.07) is 18.8. The third-order valence-electron chi connectivity index (χ3n) is 4.99. The summed E-state index contributed by atoms with van der Waals surface area (Å²) < 4.78 is 38.5. The van der Waals surface area contributed by atoms with Crippen LogP contribution in [0, 0.1) is 10.1 Å². The number of nitrogens with zero attached hydrogens (tertiary/aromatic N) is 3. The number of hydrogen-bond acceptors (Lipinski definition) is 9. The number of nitro benzene ring substituents is 1. The molecule has 36 heavy (non-hydrogen) atoms. The summed E-state index contributed by atoms with van der Waals surface area (Å²) in [6.45, 7) is 1.35. The molecule has 0 saturated heterocycles. The number of anilines is 1. The average molecular weight is 521 g/mol. The van der Waals surface area contributed by atoms with Crippen molar-refractivity contribution in [1.82, 2.24) is 0 Å². The van der Waals surface area contributed by atoms with E-state index in [1.54, 1.807) is 24.3 Å². The van der Waals surface area contributed by atoms with Gasteiger partial charge in [-0.05, 0) is 73.5 Å². The molecule has 0 unspecified atom stereocenters. The number of unbranched alkanes of at least 4 members (excludes halogenated alkanes) is 3. The van der Waals surface area contributed by atoms with Crippen LogP contribution in [0.3, 0.4) is 0 Å². The van der Waals surface area contributed by atoms with Gasteiger partial charge in [0.15, 0.2) is 0 Å². The number of hydrogen-bond donors (Lipinski definition) is 1. The minimum absolute atomic E-state index is 0. The summed E-state index contributed by atoms with van der Waals surface area (Å²) in [5.74, 6) is 0.740. The number of nitro groups is 1. The molecule has 0 aliphatic rings. The molecule has 0 fully saturated rings. The van der Waals surface area contributed by atoms with Gasteiger partial charge in [-0.25, -0.2) is 8.42 Å². The Balaban J connectivity index is 0.00000456. The molecule has 0 aromatic heterocycles. The Labute approximate surface area is 232 Å². The average Bonchev–Trinajstić information content (AvgIpc) is 2.85. The molecule has 3 rings (SSSR count). The molecule has 0 radical (unpaired) electrons. The van der Waals surface area contributed by atoms with E-state index in [2.05, 4.69) is 15.5 Å². The van der Waals surface area contributed by atoms with Crippen molar-refractivity contribution in [1.29, 1.82) is 0 Å². The van der Waals surface area contributed by atoms with Crippen molar-refractivity contribution in [3.63, 3.8) is 0 Å². The van der Waals surface area contributed by atoms with Crippen molar-refractivity contribution in [3.8, 4) is 5.75 Å². The van der Waals surface area contributed by atoms with Crippen LogP contribution in [-0.4, -0.2) is 31.0 Å². The fraction of sp³-hybridized carbons (Fsp3) is 0.250. The van der Waals surface area contributed by atoms with Crippen LogP contribution in [0.4, 0.5) is 22.7 Å².